The maximum Gasteiger partial charge on any atom is 0.0404 e. The molecule has 0 aromatic rings. The van der Waals surface area contributed by atoms with Gasteiger partial charge in [-0.25, -0.2) is 0 Å². The molecule has 0 heterocycles. The predicted molar refractivity (Wildman–Crippen MR) is 54.7 cm³/mol. The van der Waals surface area contributed by atoms with Crippen molar-refractivity contribution in [3.8, 4) is 0 Å². The van der Waals surface area contributed by atoms with E-state index in [2.05, 4.69) is 18.3 Å². The zero-order valence-corrected chi connectivity index (χ0v) is 8.48. The van der Waals surface area contributed by atoms with Crippen LogP contribution in [0.3, 0.4) is 0 Å². The summed E-state index contributed by atoms with van der Waals surface area (Å²) in [6.07, 6.45) is 8.32. The monoisotopic (exact) mass is 187 g/mol. The third-order valence-corrected chi connectivity index (χ3v) is 2.40. The molecule has 1 N–H and O–H groups in total. The van der Waals surface area contributed by atoms with Gasteiger partial charge < -0.3 is 5.32 Å². The summed E-state index contributed by atoms with van der Waals surface area (Å²) in [5.41, 5.74) is 0. The van der Waals surface area contributed by atoms with Gasteiger partial charge in [-0.3, -0.25) is 0 Å². The SMILES string of the molecule is CC(CC1CC1)NC/C=C/CCl. The summed E-state index contributed by atoms with van der Waals surface area (Å²) >= 11 is 5.50. The quantitative estimate of drug-likeness (QED) is 0.498. The fourth-order valence-electron chi connectivity index (χ4n) is 1.35. The highest BCUT2D eigenvalue weighted by molar-refractivity contribution is 6.18. The molecule has 0 amide bonds. The summed E-state index contributed by atoms with van der Waals surface area (Å²) in [7, 11) is 0. The summed E-state index contributed by atoms with van der Waals surface area (Å²) in [4.78, 5) is 0. The lowest BCUT2D eigenvalue weighted by Gasteiger charge is -2.10. The number of halogens is 1. The van der Waals surface area contributed by atoms with Gasteiger partial charge in [0.1, 0.15) is 0 Å². The molecule has 1 atom stereocenters. The Kier molecular flexibility index (Phi) is 4.70. The van der Waals surface area contributed by atoms with E-state index in [1.54, 1.807) is 0 Å². The second-order valence-electron chi connectivity index (χ2n) is 3.61. The van der Waals surface area contributed by atoms with Gasteiger partial charge in [-0.2, -0.15) is 0 Å². The fraction of sp³-hybridized carbons (Fsp3) is 0.800. The van der Waals surface area contributed by atoms with Crippen LogP contribution >= 0.6 is 11.6 Å². The van der Waals surface area contributed by atoms with Crippen molar-refractivity contribution in [3.63, 3.8) is 0 Å². The van der Waals surface area contributed by atoms with Crippen LogP contribution in [0.25, 0.3) is 0 Å². The Morgan fingerprint density at radius 3 is 2.83 bits per heavy atom. The second kappa shape index (κ2) is 5.60. The Morgan fingerprint density at radius 1 is 1.50 bits per heavy atom. The molecular weight excluding hydrogens is 170 g/mol. The lowest BCUT2D eigenvalue weighted by molar-refractivity contribution is 0.511. The molecule has 0 spiro atoms. The molecule has 2 heteroatoms. The average molecular weight is 188 g/mol. The lowest BCUT2D eigenvalue weighted by atomic mass is 10.1. The van der Waals surface area contributed by atoms with Crippen molar-refractivity contribution in [2.45, 2.75) is 32.2 Å². The van der Waals surface area contributed by atoms with Crippen LogP contribution in [-0.2, 0) is 0 Å². The Hall–Kier alpha value is -0.0100. The Bertz CT molecular complexity index is 141. The van der Waals surface area contributed by atoms with E-state index >= 15 is 0 Å². The number of allylic oxidation sites excluding steroid dienone is 1. The van der Waals surface area contributed by atoms with Crippen LogP contribution in [0.4, 0.5) is 0 Å². The number of rotatable bonds is 6. The van der Waals surface area contributed by atoms with Crippen LogP contribution in [0.15, 0.2) is 12.2 Å². The molecule has 0 bridgehead atoms. The molecule has 1 saturated carbocycles. The first kappa shape index (κ1) is 10.1. The van der Waals surface area contributed by atoms with E-state index < -0.39 is 0 Å². The van der Waals surface area contributed by atoms with Gasteiger partial charge in [0.05, 0.1) is 0 Å². The van der Waals surface area contributed by atoms with Gasteiger partial charge in [-0.05, 0) is 19.3 Å². The summed E-state index contributed by atoms with van der Waals surface area (Å²) in [6.45, 7) is 3.22. The van der Waals surface area contributed by atoms with E-state index in [1.807, 2.05) is 6.08 Å². The van der Waals surface area contributed by atoms with Crippen molar-refractivity contribution in [1.29, 1.82) is 0 Å². The lowest BCUT2D eigenvalue weighted by Crippen LogP contribution is -2.26. The maximum absolute atomic E-state index is 5.50. The summed E-state index contributed by atoms with van der Waals surface area (Å²) in [5.74, 6) is 1.64. The van der Waals surface area contributed by atoms with Crippen LogP contribution in [-0.4, -0.2) is 18.5 Å². The number of hydrogen-bond acceptors (Lipinski definition) is 1. The summed E-state index contributed by atoms with van der Waals surface area (Å²) in [6, 6.07) is 0.664. The largest absolute Gasteiger partial charge is 0.311 e. The van der Waals surface area contributed by atoms with E-state index in [4.69, 9.17) is 11.6 Å². The predicted octanol–water partition coefficient (Wildman–Crippen LogP) is 2.56. The Labute approximate surface area is 80.2 Å². The summed E-state index contributed by atoms with van der Waals surface area (Å²) < 4.78 is 0. The van der Waals surface area contributed by atoms with Gasteiger partial charge >= 0.3 is 0 Å². The molecule has 1 aliphatic carbocycles. The third kappa shape index (κ3) is 4.78. The van der Waals surface area contributed by atoms with Crippen molar-refractivity contribution < 1.29 is 0 Å². The second-order valence-corrected chi connectivity index (χ2v) is 3.92. The minimum atomic E-state index is 0.624. The van der Waals surface area contributed by atoms with E-state index in [0.717, 1.165) is 12.5 Å². The van der Waals surface area contributed by atoms with Crippen molar-refractivity contribution in [2.24, 2.45) is 5.92 Å². The first-order chi connectivity index (χ1) is 5.83. The topological polar surface area (TPSA) is 12.0 Å². The van der Waals surface area contributed by atoms with Crippen LogP contribution in [0.1, 0.15) is 26.2 Å². The molecule has 0 aromatic heterocycles. The zero-order valence-electron chi connectivity index (χ0n) is 7.72. The molecule has 0 saturated heterocycles. The first-order valence-electron chi connectivity index (χ1n) is 4.77. The van der Waals surface area contributed by atoms with Gasteiger partial charge in [-0.1, -0.05) is 25.0 Å². The van der Waals surface area contributed by atoms with E-state index in [1.165, 1.54) is 19.3 Å². The molecule has 0 radical (unpaired) electrons. The number of alkyl halides is 1. The Balaban J connectivity index is 1.93. The van der Waals surface area contributed by atoms with Gasteiger partial charge in [0.2, 0.25) is 0 Å². The smallest absolute Gasteiger partial charge is 0.0404 e. The number of hydrogen-bond donors (Lipinski definition) is 1. The highest BCUT2D eigenvalue weighted by Crippen LogP contribution is 2.33. The van der Waals surface area contributed by atoms with E-state index in [9.17, 15) is 0 Å². The van der Waals surface area contributed by atoms with E-state index in [0.29, 0.717) is 11.9 Å². The highest BCUT2D eigenvalue weighted by Gasteiger charge is 2.22. The Morgan fingerprint density at radius 2 is 2.25 bits per heavy atom. The third-order valence-electron chi connectivity index (χ3n) is 2.22. The molecule has 1 fully saturated rings. The zero-order chi connectivity index (χ0) is 8.81. The molecule has 0 aliphatic heterocycles. The molecule has 1 unspecified atom stereocenters. The van der Waals surface area contributed by atoms with E-state index in [-0.39, 0.29) is 0 Å². The average Bonchev–Trinajstić information content (AvgIpc) is 2.82. The fourth-order valence-corrected chi connectivity index (χ4v) is 1.48. The van der Waals surface area contributed by atoms with Gasteiger partial charge in [-0.15, -0.1) is 11.6 Å². The maximum atomic E-state index is 5.50. The number of nitrogens with one attached hydrogen (secondary N) is 1. The van der Waals surface area contributed by atoms with Crippen molar-refractivity contribution in [1.82, 2.24) is 5.32 Å². The normalized spacial score (nSPS) is 20.2. The van der Waals surface area contributed by atoms with Crippen molar-refractivity contribution in [2.75, 3.05) is 12.4 Å². The van der Waals surface area contributed by atoms with Crippen LogP contribution in [0, 0.1) is 5.92 Å². The summed E-state index contributed by atoms with van der Waals surface area (Å²) in [5, 5.41) is 3.44. The van der Waals surface area contributed by atoms with Gasteiger partial charge in [0.25, 0.3) is 0 Å². The minimum Gasteiger partial charge on any atom is -0.311 e. The molecule has 0 aromatic carbocycles. The van der Waals surface area contributed by atoms with Gasteiger partial charge in [0, 0.05) is 18.5 Å². The molecule has 1 nitrogen and oxygen atoms in total. The van der Waals surface area contributed by atoms with Crippen LogP contribution in [0.2, 0.25) is 0 Å². The van der Waals surface area contributed by atoms with Gasteiger partial charge in [0.15, 0.2) is 0 Å². The standard InChI is InChI=1S/C10H18ClN/c1-9(8-10-4-5-10)12-7-3-2-6-11/h2-3,9-10,12H,4-8H2,1H3/b3-2+. The van der Waals surface area contributed by atoms with Crippen molar-refractivity contribution in [3.05, 3.63) is 12.2 Å². The van der Waals surface area contributed by atoms with Crippen LogP contribution in [0.5, 0.6) is 0 Å². The minimum absolute atomic E-state index is 0.624. The molecule has 1 aliphatic rings. The first-order valence-corrected chi connectivity index (χ1v) is 5.30. The molecular formula is C10H18ClN. The van der Waals surface area contributed by atoms with Crippen LogP contribution < -0.4 is 5.32 Å². The highest BCUT2D eigenvalue weighted by atomic mass is 35.5. The molecule has 70 valence electrons. The molecule has 1 rings (SSSR count). The van der Waals surface area contributed by atoms with Crippen molar-refractivity contribution >= 4 is 11.6 Å². The molecule has 12 heavy (non-hydrogen) atoms.